The zero-order chi connectivity index (χ0) is 14.2. The van der Waals surface area contributed by atoms with Crippen LogP contribution in [0.3, 0.4) is 0 Å². The maximum atomic E-state index is 12.2. The molecule has 0 atom stereocenters. The van der Waals surface area contributed by atoms with E-state index in [1.54, 1.807) is 4.31 Å². The first kappa shape index (κ1) is 13.7. The van der Waals surface area contributed by atoms with Gasteiger partial charge in [0.15, 0.2) is 11.5 Å². The fraction of sp³-hybridized carbons (Fsp3) is 0.571. The van der Waals surface area contributed by atoms with Crippen LogP contribution in [-0.4, -0.2) is 38.2 Å². The second kappa shape index (κ2) is 5.26. The molecule has 0 spiro atoms. The topological polar surface area (TPSA) is 55.8 Å². The van der Waals surface area contributed by atoms with Gasteiger partial charge in [-0.1, -0.05) is 6.92 Å². The number of benzene rings is 1. The molecule has 0 aliphatic carbocycles. The van der Waals surface area contributed by atoms with Crippen LogP contribution in [0.25, 0.3) is 0 Å². The Labute approximate surface area is 119 Å². The van der Waals surface area contributed by atoms with Gasteiger partial charge in [0.05, 0.1) is 5.75 Å². The van der Waals surface area contributed by atoms with Crippen molar-refractivity contribution in [2.45, 2.75) is 26.3 Å². The summed E-state index contributed by atoms with van der Waals surface area (Å²) in [5, 5.41) is 0. The predicted molar refractivity (Wildman–Crippen MR) is 75.6 cm³/mol. The number of hydrogen-bond donors (Lipinski definition) is 0. The second-order valence-electron chi connectivity index (χ2n) is 5.16. The minimum atomic E-state index is -3.14. The third-order valence-electron chi connectivity index (χ3n) is 3.70. The summed E-state index contributed by atoms with van der Waals surface area (Å²) in [7, 11) is -3.14. The highest BCUT2D eigenvalue weighted by Crippen LogP contribution is 2.35. The normalized spacial score (nSPS) is 18.6. The van der Waals surface area contributed by atoms with E-state index in [1.807, 2.05) is 19.1 Å². The van der Waals surface area contributed by atoms with Crippen LogP contribution >= 0.6 is 0 Å². The molecule has 0 radical (unpaired) electrons. The molecule has 0 aromatic heterocycles. The summed E-state index contributed by atoms with van der Waals surface area (Å²) >= 11 is 0. The Morgan fingerprint density at radius 3 is 2.45 bits per heavy atom. The molecule has 0 saturated heterocycles. The lowest BCUT2D eigenvalue weighted by Crippen LogP contribution is -2.37. The van der Waals surface area contributed by atoms with Crippen LogP contribution < -0.4 is 9.47 Å². The number of ether oxygens (including phenoxy) is 2. The van der Waals surface area contributed by atoms with Crippen LogP contribution in [0.4, 0.5) is 0 Å². The average Bonchev–Trinajstić information content (AvgIpc) is 2.44. The van der Waals surface area contributed by atoms with Gasteiger partial charge in [0.25, 0.3) is 0 Å². The molecule has 0 N–H and O–H groups in total. The first-order valence-corrected chi connectivity index (χ1v) is 8.60. The number of rotatable bonds is 3. The van der Waals surface area contributed by atoms with Crippen molar-refractivity contribution >= 4 is 10.0 Å². The van der Waals surface area contributed by atoms with E-state index in [2.05, 4.69) is 0 Å². The van der Waals surface area contributed by atoms with Crippen molar-refractivity contribution < 1.29 is 17.9 Å². The quantitative estimate of drug-likeness (QED) is 0.849. The van der Waals surface area contributed by atoms with Crippen LogP contribution in [-0.2, 0) is 23.0 Å². The van der Waals surface area contributed by atoms with Crippen LogP contribution in [0.5, 0.6) is 11.5 Å². The predicted octanol–water partition coefficient (Wildman–Crippen LogP) is 1.56. The molecule has 5 nitrogen and oxygen atoms in total. The van der Waals surface area contributed by atoms with Crippen molar-refractivity contribution in [3.05, 3.63) is 23.3 Å². The van der Waals surface area contributed by atoms with Crippen molar-refractivity contribution in [3.8, 4) is 11.5 Å². The molecule has 0 bridgehead atoms. The zero-order valence-electron chi connectivity index (χ0n) is 11.6. The monoisotopic (exact) mass is 297 g/mol. The molecule has 20 heavy (non-hydrogen) atoms. The van der Waals surface area contributed by atoms with Gasteiger partial charge in [-0.15, -0.1) is 0 Å². The fourth-order valence-corrected chi connectivity index (χ4v) is 4.17. The molecule has 3 rings (SSSR count). The van der Waals surface area contributed by atoms with Crippen molar-refractivity contribution in [1.82, 2.24) is 4.31 Å². The maximum Gasteiger partial charge on any atom is 0.214 e. The minimum Gasteiger partial charge on any atom is -0.486 e. The Morgan fingerprint density at radius 1 is 1.15 bits per heavy atom. The lowest BCUT2D eigenvalue weighted by Gasteiger charge is -2.29. The van der Waals surface area contributed by atoms with Gasteiger partial charge in [-0.05, 0) is 36.1 Å². The molecule has 2 aliphatic rings. The van der Waals surface area contributed by atoms with E-state index in [1.165, 1.54) is 0 Å². The molecule has 0 unspecified atom stereocenters. The van der Waals surface area contributed by atoms with E-state index in [9.17, 15) is 8.42 Å². The van der Waals surface area contributed by atoms with E-state index in [-0.39, 0.29) is 5.75 Å². The van der Waals surface area contributed by atoms with Crippen molar-refractivity contribution in [3.63, 3.8) is 0 Å². The standard InChI is InChI=1S/C14H19NO4S/c1-2-7-20(16,17)15-4-3-11-8-13-14(9-12(11)10-15)19-6-5-18-13/h8-9H,2-7,10H2,1H3. The summed E-state index contributed by atoms with van der Waals surface area (Å²) < 4.78 is 37.0. The smallest absolute Gasteiger partial charge is 0.214 e. The molecular formula is C14H19NO4S. The lowest BCUT2D eigenvalue weighted by molar-refractivity contribution is 0.171. The van der Waals surface area contributed by atoms with E-state index < -0.39 is 10.0 Å². The van der Waals surface area contributed by atoms with Gasteiger partial charge in [0.2, 0.25) is 10.0 Å². The summed E-state index contributed by atoms with van der Waals surface area (Å²) in [5.74, 6) is 1.72. The van der Waals surface area contributed by atoms with E-state index >= 15 is 0 Å². The Bertz CT molecular complexity index is 612. The first-order chi connectivity index (χ1) is 9.60. The Balaban J connectivity index is 1.88. The van der Waals surface area contributed by atoms with Crippen molar-refractivity contribution in [2.24, 2.45) is 0 Å². The Morgan fingerprint density at radius 2 is 1.80 bits per heavy atom. The van der Waals surface area contributed by atoms with Gasteiger partial charge < -0.3 is 9.47 Å². The first-order valence-electron chi connectivity index (χ1n) is 6.99. The SMILES string of the molecule is CCCS(=O)(=O)N1CCc2cc3c(cc2C1)OCCO3. The summed E-state index contributed by atoms with van der Waals surface area (Å²) in [6.45, 7) is 3.99. The third kappa shape index (κ3) is 2.50. The largest absolute Gasteiger partial charge is 0.486 e. The van der Waals surface area contributed by atoms with Gasteiger partial charge in [0, 0.05) is 13.1 Å². The minimum absolute atomic E-state index is 0.215. The zero-order valence-corrected chi connectivity index (χ0v) is 12.4. The molecular weight excluding hydrogens is 278 g/mol. The molecule has 0 amide bonds. The average molecular weight is 297 g/mol. The van der Waals surface area contributed by atoms with Crippen molar-refractivity contribution in [1.29, 1.82) is 0 Å². The number of fused-ring (bicyclic) bond motifs is 2. The number of nitrogens with zero attached hydrogens (tertiary/aromatic N) is 1. The third-order valence-corrected chi connectivity index (χ3v) is 5.72. The Hall–Kier alpha value is -1.27. The van der Waals surface area contributed by atoms with Crippen LogP contribution in [0.1, 0.15) is 24.5 Å². The molecule has 0 saturated carbocycles. The summed E-state index contributed by atoms with van der Waals surface area (Å²) in [6.07, 6.45) is 1.38. The summed E-state index contributed by atoms with van der Waals surface area (Å²) in [5.41, 5.74) is 2.19. The number of hydrogen-bond acceptors (Lipinski definition) is 4. The summed E-state index contributed by atoms with van der Waals surface area (Å²) in [4.78, 5) is 0. The second-order valence-corrected chi connectivity index (χ2v) is 7.25. The van der Waals surface area contributed by atoms with Crippen LogP contribution in [0.2, 0.25) is 0 Å². The maximum absolute atomic E-state index is 12.2. The highest BCUT2D eigenvalue weighted by Gasteiger charge is 2.27. The van der Waals surface area contributed by atoms with E-state index in [0.29, 0.717) is 32.7 Å². The highest BCUT2D eigenvalue weighted by atomic mass is 32.2. The highest BCUT2D eigenvalue weighted by molar-refractivity contribution is 7.89. The Kier molecular flexibility index (Phi) is 3.60. The van der Waals surface area contributed by atoms with Crippen molar-refractivity contribution in [2.75, 3.05) is 25.5 Å². The molecule has 1 aromatic carbocycles. The molecule has 0 fully saturated rings. The van der Waals surface area contributed by atoms with Gasteiger partial charge in [0.1, 0.15) is 13.2 Å². The summed E-state index contributed by atoms with van der Waals surface area (Å²) in [6, 6.07) is 3.92. The van der Waals surface area contributed by atoms with Crippen LogP contribution in [0.15, 0.2) is 12.1 Å². The van der Waals surface area contributed by atoms with Gasteiger partial charge in [-0.25, -0.2) is 8.42 Å². The van der Waals surface area contributed by atoms with E-state index in [4.69, 9.17) is 9.47 Å². The van der Waals surface area contributed by atoms with Crippen LogP contribution in [0, 0.1) is 0 Å². The van der Waals surface area contributed by atoms with Gasteiger partial charge in [-0.2, -0.15) is 4.31 Å². The van der Waals surface area contributed by atoms with E-state index in [0.717, 1.165) is 29.0 Å². The van der Waals surface area contributed by atoms with Gasteiger partial charge in [-0.3, -0.25) is 0 Å². The van der Waals surface area contributed by atoms with Gasteiger partial charge >= 0.3 is 0 Å². The molecule has 110 valence electrons. The molecule has 2 aliphatic heterocycles. The molecule has 2 heterocycles. The molecule has 6 heteroatoms. The lowest BCUT2D eigenvalue weighted by atomic mass is 10.00. The number of sulfonamides is 1. The fourth-order valence-electron chi connectivity index (χ4n) is 2.69. The molecule has 1 aromatic rings.